The first-order valence-corrected chi connectivity index (χ1v) is 5.79. The lowest BCUT2D eigenvalue weighted by Gasteiger charge is -2.35. The molecule has 1 aliphatic rings. The second kappa shape index (κ2) is 4.75. The third-order valence-electron chi connectivity index (χ3n) is 3.27. The van der Waals surface area contributed by atoms with Crippen LogP contribution in [0.4, 0.5) is 5.69 Å². The van der Waals surface area contributed by atoms with Gasteiger partial charge >= 0.3 is 5.97 Å². The predicted octanol–water partition coefficient (Wildman–Crippen LogP) is 2.04. The Kier molecular flexibility index (Phi) is 3.33. The van der Waals surface area contributed by atoms with Crippen molar-refractivity contribution in [2.45, 2.75) is 25.3 Å². The Balaban J connectivity index is 2.24. The van der Waals surface area contributed by atoms with Gasteiger partial charge in [-0.25, -0.2) is 4.79 Å². The summed E-state index contributed by atoms with van der Waals surface area (Å²) in [6, 6.07) is 7.73. The number of benzene rings is 1. The zero-order chi connectivity index (χ0) is 12.3. The number of carbonyl (C=O) groups is 1. The van der Waals surface area contributed by atoms with Crippen LogP contribution in [0.5, 0.6) is 0 Å². The molecular formula is C13H17NO3. The zero-order valence-electron chi connectivity index (χ0n) is 9.90. The maximum atomic E-state index is 11.5. The van der Waals surface area contributed by atoms with Crippen molar-refractivity contribution in [2.75, 3.05) is 18.5 Å². The lowest BCUT2D eigenvalue weighted by Crippen LogP contribution is -2.50. The first-order chi connectivity index (χ1) is 8.14. The van der Waals surface area contributed by atoms with Gasteiger partial charge in [-0.15, -0.1) is 0 Å². The van der Waals surface area contributed by atoms with Gasteiger partial charge in [0.15, 0.2) is 0 Å². The minimum atomic E-state index is -0.885. The minimum Gasteiger partial charge on any atom is -0.480 e. The number of anilines is 1. The molecule has 0 unspecified atom stereocenters. The molecule has 0 spiro atoms. The van der Waals surface area contributed by atoms with Gasteiger partial charge in [-0.1, -0.05) is 18.2 Å². The summed E-state index contributed by atoms with van der Waals surface area (Å²) in [5.41, 5.74) is 1.06. The molecule has 0 bridgehead atoms. The van der Waals surface area contributed by atoms with Crippen LogP contribution in [0, 0.1) is 6.92 Å². The molecule has 0 saturated carbocycles. The van der Waals surface area contributed by atoms with E-state index in [1.807, 2.05) is 31.2 Å². The van der Waals surface area contributed by atoms with Crippen molar-refractivity contribution >= 4 is 11.7 Å². The first kappa shape index (κ1) is 11.9. The van der Waals surface area contributed by atoms with Crippen molar-refractivity contribution in [2.24, 2.45) is 0 Å². The molecule has 1 aromatic rings. The van der Waals surface area contributed by atoms with E-state index in [9.17, 15) is 9.90 Å². The van der Waals surface area contributed by atoms with Gasteiger partial charge in [-0.05, 0) is 18.6 Å². The largest absolute Gasteiger partial charge is 0.480 e. The van der Waals surface area contributed by atoms with Crippen LogP contribution < -0.4 is 5.32 Å². The molecule has 1 saturated heterocycles. The van der Waals surface area contributed by atoms with Crippen LogP contribution in [0.25, 0.3) is 0 Å². The minimum absolute atomic E-state index is 0.491. The fourth-order valence-electron chi connectivity index (χ4n) is 2.08. The molecule has 1 aliphatic heterocycles. The fourth-order valence-corrected chi connectivity index (χ4v) is 2.08. The highest BCUT2D eigenvalue weighted by Gasteiger charge is 2.40. The van der Waals surface area contributed by atoms with Gasteiger partial charge in [0.1, 0.15) is 5.54 Å². The molecule has 0 radical (unpaired) electrons. The first-order valence-electron chi connectivity index (χ1n) is 5.79. The monoisotopic (exact) mass is 235 g/mol. The van der Waals surface area contributed by atoms with E-state index in [2.05, 4.69) is 5.32 Å². The van der Waals surface area contributed by atoms with Gasteiger partial charge in [0.05, 0.1) is 0 Å². The smallest absolute Gasteiger partial charge is 0.329 e. The van der Waals surface area contributed by atoms with E-state index in [-0.39, 0.29) is 0 Å². The Morgan fingerprint density at radius 2 is 2.00 bits per heavy atom. The van der Waals surface area contributed by atoms with Gasteiger partial charge in [0.25, 0.3) is 0 Å². The highest BCUT2D eigenvalue weighted by atomic mass is 16.5. The van der Waals surface area contributed by atoms with Crippen LogP contribution in [0.2, 0.25) is 0 Å². The second-order valence-corrected chi connectivity index (χ2v) is 4.44. The number of hydrogen-bond donors (Lipinski definition) is 2. The summed E-state index contributed by atoms with van der Waals surface area (Å²) in [6.45, 7) is 2.95. The van der Waals surface area contributed by atoms with E-state index < -0.39 is 11.5 Å². The molecule has 4 heteroatoms. The summed E-state index contributed by atoms with van der Waals surface area (Å²) < 4.78 is 5.24. The third-order valence-corrected chi connectivity index (χ3v) is 3.27. The van der Waals surface area contributed by atoms with Crippen molar-refractivity contribution in [1.29, 1.82) is 0 Å². The molecule has 0 aliphatic carbocycles. The van der Waals surface area contributed by atoms with E-state index in [1.165, 1.54) is 0 Å². The summed E-state index contributed by atoms with van der Waals surface area (Å²) in [7, 11) is 0. The maximum Gasteiger partial charge on any atom is 0.329 e. The number of rotatable bonds is 3. The van der Waals surface area contributed by atoms with Crippen molar-refractivity contribution in [3.63, 3.8) is 0 Å². The van der Waals surface area contributed by atoms with E-state index in [0.717, 1.165) is 11.3 Å². The van der Waals surface area contributed by atoms with Gasteiger partial charge in [-0.3, -0.25) is 0 Å². The molecule has 0 amide bonds. The van der Waals surface area contributed by atoms with Crippen LogP contribution in [0.3, 0.4) is 0 Å². The quantitative estimate of drug-likeness (QED) is 0.841. The Morgan fingerprint density at radius 1 is 1.35 bits per heavy atom. The van der Waals surface area contributed by atoms with Crippen molar-refractivity contribution in [3.8, 4) is 0 Å². The Bertz CT molecular complexity index is 411. The highest BCUT2D eigenvalue weighted by molar-refractivity contribution is 5.83. The lowest BCUT2D eigenvalue weighted by atomic mass is 9.89. The molecule has 1 aromatic carbocycles. The van der Waals surface area contributed by atoms with Crippen molar-refractivity contribution in [3.05, 3.63) is 29.8 Å². The third kappa shape index (κ3) is 2.42. The summed E-state index contributed by atoms with van der Waals surface area (Å²) in [4.78, 5) is 11.5. The van der Waals surface area contributed by atoms with E-state index in [0.29, 0.717) is 26.1 Å². The molecule has 0 aromatic heterocycles. The number of carboxylic acid groups (broad SMARTS) is 1. The maximum absolute atomic E-state index is 11.5. The number of aryl methyl sites for hydroxylation is 1. The van der Waals surface area contributed by atoms with E-state index in [4.69, 9.17) is 4.74 Å². The van der Waals surface area contributed by atoms with Crippen molar-refractivity contribution in [1.82, 2.24) is 0 Å². The lowest BCUT2D eigenvalue weighted by molar-refractivity contribution is -0.145. The predicted molar refractivity (Wildman–Crippen MR) is 65.2 cm³/mol. The topological polar surface area (TPSA) is 58.6 Å². The molecule has 0 atom stereocenters. The average molecular weight is 235 g/mol. The normalized spacial score (nSPS) is 18.6. The number of nitrogens with one attached hydrogen (secondary N) is 1. The summed E-state index contributed by atoms with van der Waals surface area (Å²) in [5, 5.41) is 12.6. The van der Waals surface area contributed by atoms with E-state index >= 15 is 0 Å². The summed E-state index contributed by atoms with van der Waals surface area (Å²) >= 11 is 0. The van der Waals surface area contributed by atoms with Gasteiger partial charge < -0.3 is 15.2 Å². The van der Waals surface area contributed by atoms with Gasteiger partial charge in [0.2, 0.25) is 0 Å². The Hall–Kier alpha value is -1.55. The van der Waals surface area contributed by atoms with E-state index in [1.54, 1.807) is 0 Å². The molecular weight excluding hydrogens is 218 g/mol. The molecule has 2 N–H and O–H groups in total. The SMILES string of the molecule is Cc1ccccc1NC1(C(=O)O)CCOCC1. The second-order valence-electron chi connectivity index (χ2n) is 4.44. The number of para-hydroxylation sites is 1. The average Bonchev–Trinajstić information content (AvgIpc) is 2.33. The van der Waals surface area contributed by atoms with Crippen LogP contribution >= 0.6 is 0 Å². The van der Waals surface area contributed by atoms with Crippen LogP contribution in [0.1, 0.15) is 18.4 Å². The Labute approximate surface area is 101 Å². The molecule has 92 valence electrons. The van der Waals surface area contributed by atoms with Gasteiger partial charge in [-0.2, -0.15) is 0 Å². The number of hydrogen-bond acceptors (Lipinski definition) is 3. The highest BCUT2D eigenvalue weighted by Crippen LogP contribution is 2.27. The van der Waals surface area contributed by atoms with Crippen molar-refractivity contribution < 1.29 is 14.6 Å². The summed E-state index contributed by atoms with van der Waals surface area (Å²) in [6.07, 6.45) is 0.993. The summed E-state index contributed by atoms with van der Waals surface area (Å²) in [5.74, 6) is -0.802. The van der Waals surface area contributed by atoms with Crippen LogP contribution in [0.15, 0.2) is 24.3 Å². The number of aliphatic carboxylic acids is 1. The molecule has 2 rings (SSSR count). The standard InChI is InChI=1S/C13H17NO3/c1-10-4-2-3-5-11(10)14-13(12(15)16)6-8-17-9-7-13/h2-5,14H,6-9H2,1H3,(H,15,16). The number of ether oxygens (including phenoxy) is 1. The van der Waals surface area contributed by atoms with Gasteiger partial charge in [0, 0.05) is 31.7 Å². The Morgan fingerprint density at radius 3 is 2.59 bits per heavy atom. The molecule has 4 nitrogen and oxygen atoms in total. The molecule has 1 fully saturated rings. The number of carboxylic acids is 1. The molecule has 17 heavy (non-hydrogen) atoms. The van der Waals surface area contributed by atoms with Crippen LogP contribution in [-0.2, 0) is 9.53 Å². The zero-order valence-corrected chi connectivity index (χ0v) is 9.90. The molecule has 1 heterocycles. The fraction of sp³-hybridized carbons (Fsp3) is 0.462. The van der Waals surface area contributed by atoms with Crippen LogP contribution in [-0.4, -0.2) is 29.8 Å².